The number of anilines is 1. The Labute approximate surface area is 129 Å². The lowest BCUT2D eigenvalue weighted by atomic mass is 10.0. The second kappa shape index (κ2) is 6.02. The lowest BCUT2D eigenvalue weighted by molar-refractivity contribution is 0.484. The molecule has 0 aliphatic rings. The van der Waals surface area contributed by atoms with Gasteiger partial charge in [-0.15, -0.1) is 0 Å². The molecular formula is C19H14N2O. The Bertz CT molecular complexity index is 836. The van der Waals surface area contributed by atoms with Crippen molar-refractivity contribution in [2.75, 3.05) is 5.73 Å². The molecule has 106 valence electrons. The van der Waals surface area contributed by atoms with Crippen molar-refractivity contribution in [3.8, 4) is 28.7 Å². The van der Waals surface area contributed by atoms with Gasteiger partial charge in [0.1, 0.15) is 11.5 Å². The maximum atomic E-state index is 8.98. The van der Waals surface area contributed by atoms with Crippen LogP contribution in [-0.2, 0) is 0 Å². The number of nitrogen functional groups attached to an aromatic ring is 1. The van der Waals surface area contributed by atoms with E-state index < -0.39 is 0 Å². The number of nitrogens with two attached hydrogens (primary N) is 1. The van der Waals surface area contributed by atoms with Gasteiger partial charge in [0, 0.05) is 17.3 Å². The van der Waals surface area contributed by atoms with Crippen LogP contribution in [0.3, 0.4) is 0 Å². The molecule has 0 amide bonds. The maximum absolute atomic E-state index is 8.98. The third kappa shape index (κ3) is 2.92. The number of hydrogen-bond acceptors (Lipinski definition) is 3. The minimum atomic E-state index is 0.558. The molecule has 3 rings (SSSR count). The molecule has 22 heavy (non-hydrogen) atoms. The highest BCUT2D eigenvalue weighted by molar-refractivity contribution is 5.73. The van der Waals surface area contributed by atoms with Crippen LogP contribution in [0.2, 0.25) is 0 Å². The van der Waals surface area contributed by atoms with Crippen LogP contribution in [0.5, 0.6) is 11.5 Å². The molecule has 0 radical (unpaired) electrons. The van der Waals surface area contributed by atoms with Gasteiger partial charge >= 0.3 is 0 Å². The zero-order valence-corrected chi connectivity index (χ0v) is 11.9. The predicted octanol–water partition coefficient (Wildman–Crippen LogP) is 4.60. The number of benzene rings is 3. The van der Waals surface area contributed by atoms with Crippen molar-refractivity contribution in [2.45, 2.75) is 0 Å². The topological polar surface area (TPSA) is 59.0 Å². The largest absolute Gasteiger partial charge is 0.457 e. The van der Waals surface area contributed by atoms with Crippen molar-refractivity contribution in [3.05, 3.63) is 78.4 Å². The van der Waals surface area contributed by atoms with Gasteiger partial charge in [-0.1, -0.05) is 36.4 Å². The Morgan fingerprint density at radius 2 is 1.68 bits per heavy atom. The molecule has 0 fully saturated rings. The molecule has 0 atom stereocenters. The monoisotopic (exact) mass is 286 g/mol. The van der Waals surface area contributed by atoms with Gasteiger partial charge in [0.15, 0.2) is 0 Å². The quantitative estimate of drug-likeness (QED) is 0.716. The van der Waals surface area contributed by atoms with Crippen LogP contribution in [0.25, 0.3) is 11.1 Å². The zero-order valence-electron chi connectivity index (χ0n) is 11.9. The Hall–Kier alpha value is -3.25. The number of rotatable bonds is 3. The maximum Gasteiger partial charge on any atom is 0.137 e. The minimum absolute atomic E-state index is 0.558. The van der Waals surface area contributed by atoms with Crippen molar-refractivity contribution in [1.82, 2.24) is 0 Å². The molecule has 3 heteroatoms. The number of hydrogen-bond donors (Lipinski definition) is 1. The first-order valence-corrected chi connectivity index (χ1v) is 6.89. The first-order chi connectivity index (χ1) is 10.8. The summed E-state index contributed by atoms with van der Waals surface area (Å²) in [6.07, 6.45) is 0. The Morgan fingerprint density at radius 1 is 0.864 bits per heavy atom. The van der Waals surface area contributed by atoms with E-state index in [1.165, 1.54) is 0 Å². The molecule has 0 aromatic heterocycles. The third-order valence-corrected chi connectivity index (χ3v) is 3.28. The van der Waals surface area contributed by atoms with Crippen LogP contribution in [0, 0.1) is 11.3 Å². The molecule has 0 bridgehead atoms. The molecule has 0 heterocycles. The molecule has 3 aromatic rings. The fraction of sp³-hybridized carbons (Fsp3) is 0. The highest BCUT2D eigenvalue weighted by Gasteiger charge is 2.08. The lowest BCUT2D eigenvalue weighted by Crippen LogP contribution is -1.92. The van der Waals surface area contributed by atoms with E-state index in [-0.39, 0.29) is 0 Å². The van der Waals surface area contributed by atoms with E-state index in [0.29, 0.717) is 22.7 Å². The summed E-state index contributed by atoms with van der Waals surface area (Å²) in [6, 6.07) is 24.7. The van der Waals surface area contributed by atoms with Gasteiger partial charge in [-0.05, 0) is 35.9 Å². The number of nitrogens with zero attached hydrogens (tertiary/aromatic N) is 1. The zero-order chi connectivity index (χ0) is 15.4. The average Bonchev–Trinajstić information content (AvgIpc) is 2.56. The van der Waals surface area contributed by atoms with Gasteiger partial charge in [-0.25, -0.2) is 0 Å². The van der Waals surface area contributed by atoms with Gasteiger partial charge in [0.25, 0.3) is 0 Å². The van der Waals surface area contributed by atoms with Crippen LogP contribution in [0.4, 0.5) is 5.69 Å². The third-order valence-electron chi connectivity index (χ3n) is 3.28. The number of nitriles is 1. The van der Waals surface area contributed by atoms with Crippen LogP contribution < -0.4 is 10.5 Å². The lowest BCUT2D eigenvalue weighted by Gasteiger charge is -2.12. The van der Waals surface area contributed by atoms with Gasteiger partial charge in [-0.3, -0.25) is 0 Å². The van der Waals surface area contributed by atoms with Crippen molar-refractivity contribution >= 4 is 5.69 Å². The van der Waals surface area contributed by atoms with Crippen molar-refractivity contribution in [3.63, 3.8) is 0 Å². The van der Waals surface area contributed by atoms with E-state index >= 15 is 0 Å². The molecular weight excluding hydrogens is 272 g/mol. The smallest absolute Gasteiger partial charge is 0.137 e. The van der Waals surface area contributed by atoms with Gasteiger partial charge in [0.05, 0.1) is 11.6 Å². The molecule has 0 saturated heterocycles. The summed E-state index contributed by atoms with van der Waals surface area (Å²) in [5.41, 5.74) is 9.08. The van der Waals surface area contributed by atoms with Gasteiger partial charge in [-0.2, -0.15) is 5.26 Å². The molecule has 0 spiro atoms. The summed E-state index contributed by atoms with van der Waals surface area (Å²) in [5.74, 6) is 1.28. The van der Waals surface area contributed by atoms with E-state index in [2.05, 4.69) is 6.07 Å². The van der Waals surface area contributed by atoms with Crippen LogP contribution in [-0.4, -0.2) is 0 Å². The molecule has 0 aliphatic carbocycles. The summed E-state index contributed by atoms with van der Waals surface area (Å²) in [4.78, 5) is 0. The van der Waals surface area contributed by atoms with Crippen molar-refractivity contribution < 1.29 is 4.74 Å². The molecule has 0 aliphatic heterocycles. The molecule has 2 N–H and O–H groups in total. The Kier molecular flexibility index (Phi) is 3.76. The van der Waals surface area contributed by atoms with Crippen LogP contribution >= 0.6 is 0 Å². The summed E-state index contributed by atoms with van der Waals surface area (Å²) in [5, 5.41) is 8.98. The fourth-order valence-electron chi connectivity index (χ4n) is 2.24. The average molecular weight is 286 g/mol. The van der Waals surface area contributed by atoms with E-state index in [9.17, 15) is 0 Å². The molecule has 3 aromatic carbocycles. The highest BCUT2D eigenvalue weighted by Crippen LogP contribution is 2.35. The predicted molar refractivity (Wildman–Crippen MR) is 87.5 cm³/mol. The van der Waals surface area contributed by atoms with E-state index in [1.807, 2.05) is 48.5 Å². The number of ether oxygens (including phenoxy) is 1. The van der Waals surface area contributed by atoms with Gasteiger partial charge < -0.3 is 10.5 Å². The van der Waals surface area contributed by atoms with E-state index in [0.717, 1.165) is 11.1 Å². The minimum Gasteiger partial charge on any atom is -0.457 e. The summed E-state index contributed by atoms with van der Waals surface area (Å²) in [6.45, 7) is 0. The van der Waals surface area contributed by atoms with Crippen molar-refractivity contribution in [1.29, 1.82) is 5.26 Å². The Balaban J connectivity index is 2.03. The van der Waals surface area contributed by atoms with Gasteiger partial charge in [0.2, 0.25) is 0 Å². The van der Waals surface area contributed by atoms with E-state index in [1.54, 1.807) is 24.3 Å². The SMILES string of the molecule is N#Cc1cccc(Oc2cc(N)ccc2-c2ccccc2)c1. The summed E-state index contributed by atoms with van der Waals surface area (Å²) >= 11 is 0. The second-order valence-corrected chi connectivity index (χ2v) is 4.86. The summed E-state index contributed by atoms with van der Waals surface area (Å²) < 4.78 is 5.96. The molecule has 3 nitrogen and oxygen atoms in total. The van der Waals surface area contributed by atoms with Crippen LogP contribution in [0.15, 0.2) is 72.8 Å². The standard InChI is InChI=1S/C19H14N2O/c20-13-14-5-4-8-17(11-14)22-19-12-16(21)9-10-18(19)15-6-2-1-3-7-15/h1-12H,21H2. The molecule has 0 saturated carbocycles. The first-order valence-electron chi connectivity index (χ1n) is 6.89. The Morgan fingerprint density at radius 3 is 2.45 bits per heavy atom. The van der Waals surface area contributed by atoms with Crippen LogP contribution in [0.1, 0.15) is 5.56 Å². The van der Waals surface area contributed by atoms with E-state index in [4.69, 9.17) is 15.7 Å². The molecule has 0 unspecified atom stereocenters. The fourth-order valence-corrected chi connectivity index (χ4v) is 2.24. The highest BCUT2D eigenvalue weighted by atomic mass is 16.5. The van der Waals surface area contributed by atoms with Crippen molar-refractivity contribution in [2.24, 2.45) is 0 Å². The first kappa shape index (κ1) is 13.7. The summed E-state index contributed by atoms with van der Waals surface area (Å²) in [7, 11) is 0. The normalized spacial score (nSPS) is 9.95. The second-order valence-electron chi connectivity index (χ2n) is 4.86.